The molecule has 6 nitrogen and oxygen atoms in total. The lowest BCUT2D eigenvalue weighted by Crippen LogP contribution is -2.36. The molecule has 1 aromatic heterocycles. The monoisotopic (exact) mass is 263 g/mol. The second kappa shape index (κ2) is 6.47. The van der Waals surface area contributed by atoms with Gasteiger partial charge in [0, 0.05) is 38.6 Å². The van der Waals surface area contributed by atoms with Crippen molar-refractivity contribution < 1.29 is 4.79 Å². The van der Waals surface area contributed by atoms with Gasteiger partial charge in [0.15, 0.2) is 0 Å². The van der Waals surface area contributed by atoms with Crippen LogP contribution in [0.1, 0.15) is 6.42 Å². The number of rotatable bonds is 5. The summed E-state index contributed by atoms with van der Waals surface area (Å²) >= 11 is 0. The number of carbonyl (C=O) groups is 1. The summed E-state index contributed by atoms with van der Waals surface area (Å²) in [6.07, 6.45) is 4.33. The number of carbonyl (C=O) groups excluding carboxylic acids is 1. The highest BCUT2D eigenvalue weighted by molar-refractivity contribution is 5.79. The molecule has 1 unspecified atom stereocenters. The average molecular weight is 263 g/mol. The van der Waals surface area contributed by atoms with Gasteiger partial charge in [-0.3, -0.25) is 4.79 Å². The second-order valence-corrected chi connectivity index (χ2v) is 5.07. The number of nitrogens with one attached hydrogen (secondary N) is 1. The average Bonchev–Trinajstić information content (AvgIpc) is 2.89. The van der Waals surface area contributed by atoms with Crippen LogP contribution in [-0.4, -0.2) is 61.0 Å². The second-order valence-electron chi connectivity index (χ2n) is 5.07. The maximum atomic E-state index is 12.0. The normalized spacial score (nSPS) is 18.9. The zero-order valence-electron chi connectivity index (χ0n) is 11.5. The number of aromatic nitrogens is 2. The molecular weight excluding hydrogens is 242 g/mol. The molecule has 2 rings (SSSR count). The fraction of sp³-hybridized carbons (Fsp3) is 0.615. The Bertz CT molecular complexity index is 409. The fourth-order valence-corrected chi connectivity index (χ4v) is 2.16. The molecule has 1 aromatic rings. The van der Waals surface area contributed by atoms with E-state index in [4.69, 9.17) is 0 Å². The molecule has 1 N–H and O–H groups in total. The van der Waals surface area contributed by atoms with Crippen molar-refractivity contribution in [2.45, 2.75) is 6.42 Å². The van der Waals surface area contributed by atoms with Gasteiger partial charge in [0.2, 0.25) is 11.9 Å². The molecule has 1 fully saturated rings. The fourth-order valence-electron chi connectivity index (χ4n) is 2.16. The van der Waals surface area contributed by atoms with Gasteiger partial charge in [-0.1, -0.05) is 0 Å². The van der Waals surface area contributed by atoms with Crippen molar-refractivity contribution in [2.24, 2.45) is 5.92 Å². The first-order chi connectivity index (χ1) is 9.16. The Kier molecular flexibility index (Phi) is 4.68. The van der Waals surface area contributed by atoms with Crippen LogP contribution >= 0.6 is 0 Å². The third kappa shape index (κ3) is 3.89. The van der Waals surface area contributed by atoms with Gasteiger partial charge in [-0.05, 0) is 26.6 Å². The highest BCUT2D eigenvalue weighted by Crippen LogP contribution is 2.20. The third-order valence-corrected chi connectivity index (χ3v) is 3.25. The van der Waals surface area contributed by atoms with Gasteiger partial charge in [-0.25, -0.2) is 9.97 Å². The van der Waals surface area contributed by atoms with Crippen LogP contribution in [0, 0.1) is 5.92 Å². The lowest BCUT2D eigenvalue weighted by molar-refractivity contribution is -0.124. The number of hydrogen-bond acceptors (Lipinski definition) is 5. The minimum Gasteiger partial charge on any atom is -0.355 e. The zero-order valence-corrected chi connectivity index (χ0v) is 11.5. The van der Waals surface area contributed by atoms with Gasteiger partial charge in [0.25, 0.3) is 0 Å². The number of anilines is 1. The summed E-state index contributed by atoms with van der Waals surface area (Å²) in [5, 5.41) is 2.98. The van der Waals surface area contributed by atoms with Crippen LogP contribution < -0.4 is 10.2 Å². The Morgan fingerprint density at radius 2 is 2.21 bits per heavy atom. The summed E-state index contributed by atoms with van der Waals surface area (Å²) in [6.45, 7) is 3.11. The minimum atomic E-state index is 0.0472. The van der Waals surface area contributed by atoms with Crippen LogP contribution in [0.15, 0.2) is 18.5 Å². The van der Waals surface area contributed by atoms with E-state index in [-0.39, 0.29) is 11.8 Å². The molecule has 0 saturated carbocycles. The number of likely N-dealkylation sites (N-methyl/N-ethyl adjacent to an activating group) is 1. The van der Waals surface area contributed by atoms with Crippen molar-refractivity contribution in [3.8, 4) is 0 Å². The van der Waals surface area contributed by atoms with E-state index in [1.165, 1.54) is 0 Å². The first-order valence-corrected chi connectivity index (χ1v) is 6.61. The molecule has 0 aromatic carbocycles. The molecule has 19 heavy (non-hydrogen) atoms. The van der Waals surface area contributed by atoms with Crippen molar-refractivity contribution in [3.63, 3.8) is 0 Å². The largest absolute Gasteiger partial charge is 0.355 e. The molecule has 0 aliphatic carbocycles. The Labute approximate surface area is 113 Å². The van der Waals surface area contributed by atoms with Crippen LogP contribution in [0.25, 0.3) is 0 Å². The summed E-state index contributed by atoms with van der Waals surface area (Å²) in [7, 11) is 3.99. The number of amides is 1. The standard InChI is InChI=1S/C13H21N5O/c1-17(2)9-7-14-12(19)11-4-8-18(10-11)13-15-5-3-6-16-13/h3,5-6,11H,4,7-10H2,1-2H3,(H,14,19). The quantitative estimate of drug-likeness (QED) is 0.809. The Morgan fingerprint density at radius 3 is 2.89 bits per heavy atom. The van der Waals surface area contributed by atoms with E-state index in [0.717, 1.165) is 19.5 Å². The van der Waals surface area contributed by atoms with E-state index in [1.807, 2.05) is 14.1 Å². The van der Waals surface area contributed by atoms with E-state index < -0.39 is 0 Å². The predicted molar refractivity (Wildman–Crippen MR) is 73.9 cm³/mol. The molecule has 104 valence electrons. The Morgan fingerprint density at radius 1 is 1.47 bits per heavy atom. The first-order valence-electron chi connectivity index (χ1n) is 6.61. The number of hydrogen-bond donors (Lipinski definition) is 1. The van der Waals surface area contributed by atoms with Crippen molar-refractivity contribution in [3.05, 3.63) is 18.5 Å². The highest BCUT2D eigenvalue weighted by Gasteiger charge is 2.29. The zero-order chi connectivity index (χ0) is 13.7. The maximum absolute atomic E-state index is 12.0. The van der Waals surface area contributed by atoms with Crippen LogP contribution in [0.5, 0.6) is 0 Å². The van der Waals surface area contributed by atoms with Crippen molar-refractivity contribution in [1.29, 1.82) is 0 Å². The predicted octanol–water partition coefficient (Wildman–Crippen LogP) is -0.0193. The molecular formula is C13H21N5O. The molecule has 6 heteroatoms. The lowest BCUT2D eigenvalue weighted by atomic mass is 10.1. The van der Waals surface area contributed by atoms with Crippen LogP contribution in [-0.2, 0) is 4.79 Å². The summed E-state index contributed by atoms with van der Waals surface area (Å²) in [6, 6.07) is 1.80. The van der Waals surface area contributed by atoms with E-state index in [0.29, 0.717) is 19.0 Å². The molecule has 2 heterocycles. The molecule has 0 bridgehead atoms. The summed E-state index contributed by atoms with van der Waals surface area (Å²) in [4.78, 5) is 24.6. The lowest BCUT2D eigenvalue weighted by Gasteiger charge is -2.16. The van der Waals surface area contributed by atoms with Crippen molar-refractivity contribution in [1.82, 2.24) is 20.2 Å². The van der Waals surface area contributed by atoms with E-state index in [2.05, 4.69) is 25.1 Å². The minimum absolute atomic E-state index is 0.0472. The highest BCUT2D eigenvalue weighted by atomic mass is 16.1. The summed E-state index contributed by atoms with van der Waals surface area (Å²) < 4.78 is 0. The molecule has 0 spiro atoms. The molecule has 1 amide bonds. The van der Waals surface area contributed by atoms with E-state index in [1.54, 1.807) is 18.5 Å². The molecule has 1 aliphatic heterocycles. The maximum Gasteiger partial charge on any atom is 0.225 e. The van der Waals surface area contributed by atoms with Crippen LogP contribution in [0.3, 0.4) is 0 Å². The van der Waals surface area contributed by atoms with Gasteiger partial charge >= 0.3 is 0 Å². The first kappa shape index (κ1) is 13.7. The molecule has 1 aliphatic rings. The molecule has 1 atom stereocenters. The third-order valence-electron chi connectivity index (χ3n) is 3.25. The Balaban J connectivity index is 1.80. The molecule has 1 saturated heterocycles. The smallest absolute Gasteiger partial charge is 0.225 e. The van der Waals surface area contributed by atoms with Crippen LogP contribution in [0.2, 0.25) is 0 Å². The summed E-state index contributed by atoms with van der Waals surface area (Å²) in [5.74, 6) is 0.900. The van der Waals surface area contributed by atoms with Gasteiger partial charge in [-0.15, -0.1) is 0 Å². The van der Waals surface area contributed by atoms with Crippen LogP contribution in [0.4, 0.5) is 5.95 Å². The molecule has 0 radical (unpaired) electrons. The Hall–Kier alpha value is -1.69. The SMILES string of the molecule is CN(C)CCNC(=O)C1CCN(c2ncccn2)C1. The van der Waals surface area contributed by atoms with Gasteiger partial charge in [0.05, 0.1) is 5.92 Å². The number of nitrogens with zero attached hydrogens (tertiary/aromatic N) is 4. The van der Waals surface area contributed by atoms with Crippen molar-refractivity contribution in [2.75, 3.05) is 45.2 Å². The van der Waals surface area contributed by atoms with Gasteiger partial charge < -0.3 is 15.1 Å². The van der Waals surface area contributed by atoms with Gasteiger partial charge in [0.1, 0.15) is 0 Å². The van der Waals surface area contributed by atoms with Gasteiger partial charge in [-0.2, -0.15) is 0 Å². The van der Waals surface area contributed by atoms with Crippen molar-refractivity contribution >= 4 is 11.9 Å². The summed E-state index contributed by atoms with van der Waals surface area (Å²) in [5.41, 5.74) is 0. The van der Waals surface area contributed by atoms with E-state index >= 15 is 0 Å². The van der Waals surface area contributed by atoms with E-state index in [9.17, 15) is 4.79 Å². The topological polar surface area (TPSA) is 61.4 Å².